The zero-order valence-electron chi connectivity index (χ0n) is 3.89. The van der Waals surface area contributed by atoms with Crippen LogP contribution in [-0.2, 0) is 0 Å². The van der Waals surface area contributed by atoms with Crippen molar-refractivity contribution in [2.24, 2.45) is 0 Å². The van der Waals surface area contributed by atoms with Crippen LogP contribution in [0.1, 0.15) is 5.69 Å². The highest BCUT2D eigenvalue weighted by Gasteiger charge is 1.93. The van der Waals surface area contributed by atoms with Gasteiger partial charge in [-0.1, -0.05) is 11.3 Å². The summed E-state index contributed by atoms with van der Waals surface area (Å²) >= 11 is 0.909. The van der Waals surface area contributed by atoms with Crippen LogP contribution in [0.15, 0.2) is 5.38 Å². The molecule has 1 nitrogen and oxygen atoms in total. The van der Waals surface area contributed by atoms with Gasteiger partial charge in [-0.15, -0.1) is 6.42 Å². The first-order chi connectivity index (χ1) is 3.83. The van der Waals surface area contributed by atoms with E-state index in [4.69, 9.17) is 6.42 Å². The summed E-state index contributed by atoms with van der Waals surface area (Å²) in [6, 6.07) is 0. The predicted octanol–water partition coefficient (Wildman–Crippen LogP) is 1.26. The first kappa shape index (κ1) is 5.26. The van der Waals surface area contributed by atoms with Crippen LogP contribution in [0, 0.1) is 17.6 Å². The number of terminal acetylenes is 1. The third-order valence-corrected chi connectivity index (χ3v) is 1.25. The molecule has 3 heteroatoms. The van der Waals surface area contributed by atoms with Crippen molar-refractivity contribution in [3.05, 3.63) is 16.3 Å². The van der Waals surface area contributed by atoms with Gasteiger partial charge in [0, 0.05) is 5.38 Å². The van der Waals surface area contributed by atoms with Gasteiger partial charge < -0.3 is 0 Å². The van der Waals surface area contributed by atoms with Crippen LogP contribution < -0.4 is 0 Å². The minimum atomic E-state index is -0.474. The highest BCUT2D eigenvalue weighted by Crippen LogP contribution is 2.04. The second kappa shape index (κ2) is 1.93. The van der Waals surface area contributed by atoms with Crippen LogP contribution in [0.2, 0.25) is 0 Å². The number of rotatable bonds is 0. The fourth-order valence-electron chi connectivity index (χ4n) is 0.318. The Balaban J connectivity index is 3.05. The molecule has 0 saturated heterocycles. The SMILES string of the molecule is C#Cc1csc([18F])n1. The van der Waals surface area contributed by atoms with Crippen LogP contribution in [0.4, 0.5) is 4.39 Å². The summed E-state index contributed by atoms with van der Waals surface area (Å²) in [5, 5.41) is 1.02. The molecule has 0 amide bonds. The third kappa shape index (κ3) is 0.849. The smallest absolute Gasteiger partial charge is 0.201 e. The van der Waals surface area contributed by atoms with Gasteiger partial charge in [-0.2, -0.15) is 4.39 Å². The lowest BCUT2D eigenvalue weighted by Gasteiger charge is -1.68. The molecule has 0 atom stereocenters. The molecule has 0 N–H and O–H groups in total. The van der Waals surface area contributed by atoms with Crippen molar-refractivity contribution in [3.63, 3.8) is 0 Å². The Kier molecular flexibility index (Phi) is 1.27. The van der Waals surface area contributed by atoms with Crippen LogP contribution >= 0.6 is 11.3 Å². The van der Waals surface area contributed by atoms with Crippen LogP contribution in [0.3, 0.4) is 0 Å². The maximum absolute atomic E-state index is 11.9. The van der Waals surface area contributed by atoms with Crippen molar-refractivity contribution >= 4 is 11.3 Å². The lowest BCUT2D eigenvalue weighted by atomic mass is 10.5. The van der Waals surface area contributed by atoms with E-state index in [1.807, 2.05) is 0 Å². The fourth-order valence-corrected chi connectivity index (χ4v) is 0.799. The van der Waals surface area contributed by atoms with Gasteiger partial charge in [-0.05, 0) is 5.92 Å². The van der Waals surface area contributed by atoms with E-state index >= 15 is 0 Å². The molecule has 0 fully saturated rings. The first-order valence-corrected chi connectivity index (χ1v) is 2.78. The van der Waals surface area contributed by atoms with Crippen LogP contribution in [0.5, 0.6) is 0 Å². The monoisotopic (exact) mass is 126 g/mol. The number of nitrogens with zero attached hydrogens (tertiary/aromatic N) is 1. The standard InChI is InChI=1S/C5H2FNS/c1-2-4-3-8-5(6)7-4/h1,3H/i6-1. The normalized spacial score (nSPS) is 8.50. The summed E-state index contributed by atoms with van der Waals surface area (Å²) in [4.78, 5) is 3.34. The molecule has 0 aliphatic rings. The Labute approximate surface area is 50.2 Å². The van der Waals surface area contributed by atoms with Crippen LogP contribution in [-0.4, -0.2) is 4.98 Å². The number of hydrogen-bond donors (Lipinski definition) is 0. The number of halogens is 1. The molecule has 1 rings (SSSR count). The molecule has 1 aromatic heterocycles. The van der Waals surface area contributed by atoms with Crippen molar-refractivity contribution in [2.75, 3.05) is 0 Å². The summed E-state index contributed by atoms with van der Waals surface area (Å²) in [6.07, 6.45) is 4.89. The molecule has 8 heavy (non-hydrogen) atoms. The molecule has 0 saturated carbocycles. The van der Waals surface area contributed by atoms with E-state index in [1.54, 1.807) is 0 Å². The number of hydrogen-bond acceptors (Lipinski definition) is 2. The molecule has 0 radical (unpaired) electrons. The Morgan fingerprint density at radius 3 is 2.88 bits per heavy atom. The van der Waals surface area contributed by atoms with Crippen molar-refractivity contribution in [2.45, 2.75) is 0 Å². The highest BCUT2D eigenvalue weighted by atomic mass is 32.1. The minimum Gasteiger partial charge on any atom is -0.201 e. The van der Waals surface area contributed by atoms with Gasteiger partial charge in [-0.3, -0.25) is 0 Å². The Morgan fingerprint density at radius 2 is 2.62 bits per heavy atom. The number of thiazole rings is 1. The molecular formula is C5H2FNS. The molecule has 0 spiro atoms. The molecule has 1 aromatic rings. The summed E-state index contributed by atoms with van der Waals surface area (Å²) in [5.74, 6) is 2.21. The fraction of sp³-hybridized carbons (Fsp3) is 0. The van der Waals surface area contributed by atoms with Crippen LogP contribution in [0.25, 0.3) is 0 Å². The van der Waals surface area contributed by atoms with Crippen molar-refractivity contribution in [1.82, 2.24) is 4.98 Å². The van der Waals surface area contributed by atoms with Crippen molar-refractivity contribution in [1.29, 1.82) is 0 Å². The van der Waals surface area contributed by atoms with Gasteiger partial charge in [-0.25, -0.2) is 4.98 Å². The van der Waals surface area contributed by atoms with Gasteiger partial charge in [0.25, 0.3) is 5.26 Å². The topological polar surface area (TPSA) is 12.9 Å². The van der Waals surface area contributed by atoms with Gasteiger partial charge in [0.2, 0.25) is 0 Å². The lowest BCUT2D eigenvalue weighted by molar-refractivity contribution is 0.616. The lowest BCUT2D eigenvalue weighted by Crippen LogP contribution is -1.70. The molecule has 1 heterocycles. The largest absolute Gasteiger partial charge is 0.270 e. The summed E-state index contributed by atoms with van der Waals surface area (Å²) in [6.45, 7) is 0. The quantitative estimate of drug-likeness (QED) is 0.477. The summed E-state index contributed by atoms with van der Waals surface area (Å²) in [7, 11) is 0. The van der Waals surface area contributed by atoms with Gasteiger partial charge in [0.15, 0.2) is 0 Å². The average Bonchev–Trinajstić information content (AvgIpc) is 2.14. The first-order valence-electron chi connectivity index (χ1n) is 1.90. The maximum atomic E-state index is 11.9. The van der Waals surface area contributed by atoms with E-state index in [9.17, 15) is 4.39 Å². The van der Waals surface area contributed by atoms with E-state index in [2.05, 4.69) is 10.9 Å². The maximum Gasteiger partial charge on any atom is 0.270 e. The minimum absolute atomic E-state index is 0.368. The van der Waals surface area contributed by atoms with E-state index in [1.165, 1.54) is 5.38 Å². The molecule has 0 unspecified atom stereocenters. The molecule has 0 aliphatic carbocycles. The second-order valence-corrected chi connectivity index (χ2v) is 1.94. The zero-order chi connectivity index (χ0) is 5.98. The molecule has 40 valence electrons. The number of aromatic nitrogens is 1. The molecule has 0 bridgehead atoms. The summed E-state index contributed by atoms with van der Waals surface area (Å²) in [5.41, 5.74) is 0.368. The molecule has 0 aliphatic heterocycles. The van der Waals surface area contributed by atoms with Gasteiger partial charge in [0.1, 0.15) is 5.69 Å². The molecular weight excluding hydrogens is 124 g/mol. The van der Waals surface area contributed by atoms with E-state index in [-0.39, 0.29) is 0 Å². The highest BCUT2D eigenvalue weighted by molar-refractivity contribution is 7.08. The Morgan fingerprint density at radius 1 is 1.88 bits per heavy atom. The van der Waals surface area contributed by atoms with E-state index in [0.717, 1.165) is 11.3 Å². The van der Waals surface area contributed by atoms with E-state index in [0.29, 0.717) is 5.69 Å². The van der Waals surface area contributed by atoms with Gasteiger partial charge >= 0.3 is 0 Å². The molecule has 0 aromatic carbocycles. The predicted molar refractivity (Wildman–Crippen MR) is 30.0 cm³/mol. The van der Waals surface area contributed by atoms with Crippen molar-refractivity contribution < 1.29 is 4.39 Å². The Hall–Kier alpha value is -0.880. The second-order valence-electron chi connectivity index (χ2n) is 1.13. The third-order valence-electron chi connectivity index (χ3n) is 0.624. The van der Waals surface area contributed by atoms with E-state index < -0.39 is 5.26 Å². The zero-order valence-corrected chi connectivity index (χ0v) is 4.70. The summed E-state index contributed by atoms with van der Waals surface area (Å²) < 4.78 is 11.9. The average molecular weight is 126 g/mol. The van der Waals surface area contributed by atoms with Crippen molar-refractivity contribution in [3.8, 4) is 12.3 Å². The van der Waals surface area contributed by atoms with Gasteiger partial charge in [0.05, 0.1) is 0 Å². The Bertz CT molecular complexity index is 223.